The van der Waals surface area contributed by atoms with E-state index in [1.54, 1.807) is 0 Å². The monoisotopic (exact) mass is 250 g/mol. The quantitative estimate of drug-likeness (QED) is 0.687. The summed E-state index contributed by atoms with van der Waals surface area (Å²) < 4.78 is 2.25. The van der Waals surface area contributed by atoms with E-state index in [1.165, 1.54) is 22.2 Å². The van der Waals surface area contributed by atoms with Crippen LogP contribution in [0.3, 0.4) is 0 Å². The van der Waals surface area contributed by atoms with Crippen molar-refractivity contribution >= 4 is 16.6 Å². The summed E-state index contributed by atoms with van der Waals surface area (Å²) >= 11 is 0. The number of rotatable bonds is 2. The average Bonchev–Trinajstić information content (AvgIpc) is 2.73. The molecule has 96 valence electrons. The van der Waals surface area contributed by atoms with Crippen LogP contribution in [0.4, 0.5) is 5.69 Å². The van der Waals surface area contributed by atoms with Crippen LogP contribution in [0.15, 0.2) is 48.7 Å². The lowest BCUT2D eigenvalue weighted by Gasteiger charge is -2.08. The summed E-state index contributed by atoms with van der Waals surface area (Å²) in [5.74, 6) is 0. The first-order chi connectivity index (χ1) is 9.13. The summed E-state index contributed by atoms with van der Waals surface area (Å²) in [5.41, 5.74) is 12.0. The molecule has 0 saturated heterocycles. The maximum Gasteiger partial charge on any atom is 0.0504 e. The summed E-state index contributed by atoms with van der Waals surface area (Å²) in [6.45, 7) is 5.17. The standard InChI is InChI=1S/C17H18N2/c1-12-8-13(2)10-14(9-12)11-19-7-6-15-16(18)4-3-5-17(15)19/h3-10H,11,18H2,1-2H3. The molecule has 0 radical (unpaired) electrons. The molecule has 3 aromatic rings. The zero-order chi connectivity index (χ0) is 13.4. The lowest BCUT2D eigenvalue weighted by molar-refractivity contribution is 0.835. The predicted molar refractivity (Wildman–Crippen MR) is 81.4 cm³/mol. The van der Waals surface area contributed by atoms with Crippen LogP contribution in [0, 0.1) is 13.8 Å². The van der Waals surface area contributed by atoms with Gasteiger partial charge in [0.1, 0.15) is 0 Å². The van der Waals surface area contributed by atoms with Gasteiger partial charge in [-0.2, -0.15) is 0 Å². The molecule has 19 heavy (non-hydrogen) atoms. The van der Waals surface area contributed by atoms with E-state index in [-0.39, 0.29) is 0 Å². The second-order valence-electron chi connectivity index (χ2n) is 5.22. The van der Waals surface area contributed by atoms with Crippen LogP contribution in [0.5, 0.6) is 0 Å². The van der Waals surface area contributed by atoms with Crippen LogP contribution in [-0.4, -0.2) is 4.57 Å². The van der Waals surface area contributed by atoms with Crippen molar-refractivity contribution in [3.05, 3.63) is 65.4 Å². The van der Waals surface area contributed by atoms with Gasteiger partial charge in [-0.15, -0.1) is 0 Å². The average molecular weight is 250 g/mol. The van der Waals surface area contributed by atoms with Gasteiger partial charge in [-0.05, 0) is 37.6 Å². The van der Waals surface area contributed by atoms with Gasteiger partial charge in [0, 0.05) is 23.8 Å². The predicted octanol–water partition coefficient (Wildman–Crippen LogP) is 3.89. The van der Waals surface area contributed by atoms with E-state index in [9.17, 15) is 0 Å². The maximum atomic E-state index is 6.00. The second kappa shape index (κ2) is 4.47. The minimum Gasteiger partial charge on any atom is -0.398 e. The third-order valence-electron chi connectivity index (χ3n) is 3.48. The van der Waals surface area contributed by atoms with Crippen LogP contribution in [0.1, 0.15) is 16.7 Å². The molecular formula is C17H18N2. The fourth-order valence-corrected chi connectivity index (χ4v) is 2.74. The van der Waals surface area contributed by atoms with Crippen LogP contribution in [0.25, 0.3) is 10.9 Å². The summed E-state index contributed by atoms with van der Waals surface area (Å²) in [5, 5.41) is 1.13. The Morgan fingerprint density at radius 3 is 2.47 bits per heavy atom. The minimum atomic E-state index is 0.844. The molecule has 2 heteroatoms. The van der Waals surface area contributed by atoms with Gasteiger partial charge >= 0.3 is 0 Å². The first-order valence-corrected chi connectivity index (χ1v) is 6.54. The molecule has 1 heterocycles. The lowest BCUT2D eigenvalue weighted by Crippen LogP contribution is -1.99. The third kappa shape index (κ3) is 2.22. The summed E-state index contributed by atoms with van der Waals surface area (Å²) in [6.07, 6.45) is 2.11. The SMILES string of the molecule is Cc1cc(C)cc(Cn2ccc3c(N)cccc32)c1. The first-order valence-electron chi connectivity index (χ1n) is 6.54. The van der Waals surface area contributed by atoms with Crippen molar-refractivity contribution in [2.24, 2.45) is 0 Å². The highest BCUT2D eigenvalue weighted by Crippen LogP contribution is 2.23. The fraction of sp³-hybridized carbons (Fsp3) is 0.176. The molecule has 1 aromatic heterocycles. The summed E-state index contributed by atoms with van der Waals surface area (Å²) in [4.78, 5) is 0. The highest BCUT2D eigenvalue weighted by molar-refractivity contribution is 5.91. The van der Waals surface area contributed by atoms with Gasteiger partial charge in [0.15, 0.2) is 0 Å². The highest BCUT2D eigenvalue weighted by Gasteiger charge is 2.04. The van der Waals surface area contributed by atoms with Gasteiger partial charge < -0.3 is 10.3 Å². The molecule has 2 nitrogen and oxygen atoms in total. The van der Waals surface area contributed by atoms with Crippen LogP contribution >= 0.6 is 0 Å². The fourth-order valence-electron chi connectivity index (χ4n) is 2.74. The van der Waals surface area contributed by atoms with E-state index in [4.69, 9.17) is 5.73 Å². The number of anilines is 1. The smallest absolute Gasteiger partial charge is 0.0504 e. The summed E-state index contributed by atoms with van der Waals surface area (Å²) in [7, 11) is 0. The molecule has 0 bridgehead atoms. The van der Waals surface area contributed by atoms with E-state index in [1.807, 2.05) is 12.1 Å². The number of benzene rings is 2. The number of hydrogen-bond donors (Lipinski definition) is 1. The first kappa shape index (κ1) is 11.8. The van der Waals surface area contributed by atoms with Crippen molar-refractivity contribution < 1.29 is 0 Å². The number of aryl methyl sites for hydroxylation is 2. The van der Waals surface area contributed by atoms with Gasteiger partial charge in [-0.1, -0.05) is 35.4 Å². The Balaban J connectivity index is 2.04. The topological polar surface area (TPSA) is 30.9 Å². The Kier molecular flexibility index (Phi) is 2.79. The van der Waals surface area contributed by atoms with E-state index < -0.39 is 0 Å². The Morgan fingerprint density at radius 2 is 1.74 bits per heavy atom. The zero-order valence-electron chi connectivity index (χ0n) is 11.4. The summed E-state index contributed by atoms with van der Waals surface area (Å²) in [6, 6.07) is 14.9. The number of nitrogen functional groups attached to an aromatic ring is 1. The molecule has 0 amide bonds. The van der Waals surface area contributed by atoms with Crippen molar-refractivity contribution in [3.8, 4) is 0 Å². The highest BCUT2D eigenvalue weighted by atomic mass is 15.0. The van der Waals surface area contributed by atoms with Crippen LogP contribution in [-0.2, 0) is 6.54 Å². The molecule has 0 atom stereocenters. The van der Waals surface area contributed by atoms with Crippen molar-refractivity contribution in [1.82, 2.24) is 4.57 Å². The largest absolute Gasteiger partial charge is 0.398 e. The molecule has 0 fully saturated rings. The Hall–Kier alpha value is -2.22. The number of nitrogens with two attached hydrogens (primary N) is 1. The van der Waals surface area contributed by atoms with Gasteiger partial charge in [0.05, 0.1) is 5.52 Å². The van der Waals surface area contributed by atoms with E-state index >= 15 is 0 Å². The second-order valence-corrected chi connectivity index (χ2v) is 5.22. The molecule has 0 spiro atoms. The molecule has 0 aliphatic rings. The third-order valence-corrected chi connectivity index (χ3v) is 3.48. The molecule has 2 aromatic carbocycles. The molecule has 0 aliphatic heterocycles. The molecule has 2 N–H and O–H groups in total. The molecule has 0 saturated carbocycles. The van der Waals surface area contributed by atoms with E-state index in [0.717, 1.165) is 17.6 Å². The Morgan fingerprint density at radius 1 is 1.00 bits per heavy atom. The molecule has 3 rings (SSSR count). The number of fused-ring (bicyclic) bond motifs is 1. The normalized spacial score (nSPS) is 11.1. The number of aromatic nitrogens is 1. The van der Waals surface area contributed by atoms with Crippen LogP contribution in [0.2, 0.25) is 0 Å². The van der Waals surface area contributed by atoms with Crippen molar-refractivity contribution in [3.63, 3.8) is 0 Å². The van der Waals surface area contributed by atoms with E-state index in [2.05, 4.69) is 54.9 Å². The Bertz CT molecular complexity index is 718. The van der Waals surface area contributed by atoms with Crippen molar-refractivity contribution in [2.45, 2.75) is 20.4 Å². The molecule has 0 aliphatic carbocycles. The van der Waals surface area contributed by atoms with Crippen LogP contribution < -0.4 is 5.73 Å². The van der Waals surface area contributed by atoms with Gasteiger partial charge in [0.2, 0.25) is 0 Å². The van der Waals surface area contributed by atoms with Gasteiger partial charge in [0.25, 0.3) is 0 Å². The van der Waals surface area contributed by atoms with E-state index in [0.29, 0.717) is 0 Å². The Labute approximate surface area is 113 Å². The van der Waals surface area contributed by atoms with Crippen molar-refractivity contribution in [1.29, 1.82) is 0 Å². The number of nitrogens with zero attached hydrogens (tertiary/aromatic N) is 1. The zero-order valence-corrected chi connectivity index (χ0v) is 11.4. The van der Waals surface area contributed by atoms with Gasteiger partial charge in [-0.3, -0.25) is 0 Å². The number of hydrogen-bond acceptors (Lipinski definition) is 1. The molecular weight excluding hydrogens is 232 g/mol. The van der Waals surface area contributed by atoms with Gasteiger partial charge in [-0.25, -0.2) is 0 Å². The minimum absolute atomic E-state index is 0.844. The maximum absolute atomic E-state index is 6.00. The van der Waals surface area contributed by atoms with Crippen molar-refractivity contribution in [2.75, 3.05) is 5.73 Å². The molecule has 0 unspecified atom stereocenters. The lowest BCUT2D eigenvalue weighted by atomic mass is 10.1.